The third-order valence-corrected chi connectivity index (χ3v) is 5.49. The number of aromatic nitrogens is 5. The minimum atomic E-state index is -0.801. The smallest absolute Gasteiger partial charge is 0.254 e. The highest BCUT2D eigenvalue weighted by Crippen LogP contribution is 2.27. The largest absolute Gasteiger partial charge is 0.340 e. The van der Waals surface area contributed by atoms with Crippen molar-refractivity contribution in [3.8, 4) is 0 Å². The van der Waals surface area contributed by atoms with E-state index in [1.165, 1.54) is 6.42 Å². The van der Waals surface area contributed by atoms with Crippen molar-refractivity contribution >= 4 is 17.1 Å². The Bertz CT molecular complexity index is 1100. The predicted octanol–water partition coefficient (Wildman–Crippen LogP) is 3.81. The molecule has 30 heavy (non-hydrogen) atoms. The molecule has 8 heteroatoms. The van der Waals surface area contributed by atoms with Crippen molar-refractivity contribution in [2.45, 2.75) is 84.7 Å². The lowest BCUT2D eigenvalue weighted by molar-refractivity contribution is 0.0908. The van der Waals surface area contributed by atoms with Crippen molar-refractivity contribution in [3.63, 3.8) is 0 Å². The van der Waals surface area contributed by atoms with Gasteiger partial charge < -0.3 is 14.4 Å². The van der Waals surface area contributed by atoms with Crippen LogP contribution in [0.1, 0.15) is 87.5 Å². The summed E-state index contributed by atoms with van der Waals surface area (Å²) in [5.74, 6) is 1.79. The van der Waals surface area contributed by atoms with E-state index in [2.05, 4.69) is 20.0 Å². The van der Waals surface area contributed by atoms with Gasteiger partial charge in [-0.2, -0.15) is 4.98 Å². The molecule has 0 bridgehead atoms. The summed E-state index contributed by atoms with van der Waals surface area (Å²) in [6, 6.07) is 1.80. The molecule has 0 fully saturated rings. The van der Waals surface area contributed by atoms with E-state index in [0.29, 0.717) is 22.8 Å². The number of amides is 1. The van der Waals surface area contributed by atoms with E-state index in [-0.39, 0.29) is 11.3 Å². The zero-order chi connectivity index (χ0) is 21.7. The number of nitrogens with one attached hydrogen (secondary N) is 1. The SMILES string of the molecule is Cc1cc(C(=O)NC(C)(C)c2noc(C(C)(C)C)n2)c2nc3n(c2n1)CCCCC3. The van der Waals surface area contributed by atoms with Crippen LogP contribution in [-0.2, 0) is 23.9 Å². The van der Waals surface area contributed by atoms with Crippen molar-refractivity contribution in [2.75, 3.05) is 0 Å². The highest BCUT2D eigenvalue weighted by atomic mass is 16.5. The molecule has 4 heterocycles. The van der Waals surface area contributed by atoms with Gasteiger partial charge in [-0.15, -0.1) is 0 Å². The lowest BCUT2D eigenvalue weighted by Crippen LogP contribution is -2.42. The second-order valence-electron chi connectivity index (χ2n) is 9.73. The molecule has 8 nitrogen and oxygen atoms in total. The Hall–Kier alpha value is -2.77. The van der Waals surface area contributed by atoms with Gasteiger partial charge in [0, 0.05) is 24.1 Å². The number of pyridine rings is 1. The average Bonchev–Trinajstić information content (AvgIpc) is 3.21. The zero-order valence-corrected chi connectivity index (χ0v) is 18.7. The summed E-state index contributed by atoms with van der Waals surface area (Å²) < 4.78 is 7.59. The summed E-state index contributed by atoms with van der Waals surface area (Å²) in [5, 5.41) is 7.18. The molecule has 1 amide bonds. The van der Waals surface area contributed by atoms with Gasteiger partial charge in [0.15, 0.2) is 11.5 Å². The molecule has 1 N–H and O–H groups in total. The second-order valence-corrected chi connectivity index (χ2v) is 9.73. The van der Waals surface area contributed by atoms with Crippen molar-refractivity contribution in [3.05, 3.63) is 34.9 Å². The third kappa shape index (κ3) is 3.70. The number of fused-ring (bicyclic) bond motifs is 3. The summed E-state index contributed by atoms with van der Waals surface area (Å²) in [6.45, 7) is 12.6. The molecule has 1 aliphatic rings. The van der Waals surface area contributed by atoms with Crippen LogP contribution in [0.25, 0.3) is 11.2 Å². The van der Waals surface area contributed by atoms with Gasteiger partial charge in [0.05, 0.1) is 11.1 Å². The average molecular weight is 411 g/mol. The van der Waals surface area contributed by atoms with E-state index >= 15 is 0 Å². The Labute approximate surface area is 176 Å². The van der Waals surface area contributed by atoms with Gasteiger partial charge in [-0.1, -0.05) is 32.3 Å². The van der Waals surface area contributed by atoms with Crippen LogP contribution >= 0.6 is 0 Å². The molecular weight excluding hydrogens is 380 g/mol. The molecule has 1 aliphatic heterocycles. The first-order valence-electron chi connectivity index (χ1n) is 10.6. The van der Waals surface area contributed by atoms with E-state index in [1.54, 1.807) is 6.07 Å². The van der Waals surface area contributed by atoms with Crippen LogP contribution in [0.3, 0.4) is 0 Å². The van der Waals surface area contributed by atoms with Crippen LogP contribution in [0.5, 0.6) is 0 Å². The fourth-order valence-electron chi connectivity index (χ4n) is 3.78. The van der Waals surface area contributed by atoms with E-state index in [1.807, 2.05) is 41.5 Å². The van der Waals surface area contributed by atoms with Gasteiger partial charge in [-0.05, 0) is 39.7 Å². The van der Waals surface area contributed by atoms with E-state index < -0.39 is 5.54 Å². The Balaban J connectivity index is 1.68. The van der Waals surface area contributed by atoms with Crippen molar-refractivity contribution in [1.29, 1.82) is 0 Å². The second kappa shape index (κ2) is 7.18. The number of carbonyl (C=O) groups excluding carboxylic acids is 1. The summed E-state index contributed by atoms with van der Waals surface area (Å²) in [4.78, 5) is 27.3. The molecule has 0 aliphatic carbocycles. The molecule has 160 valence electrons. The molecule has 0 saturated heterocycles. The quantitative estimate of drug-likeness (QED) is 0.705. The summed E-state index contributed by atoms with van der Waals surface area (Å²) in [5.41, 5.74) is 1.73. The summed E-state index contributed by atoms with van der Waals surface area (Å²) in [6.07, 6.45) is 4.33. The molecule has 0 aromatic carbocycles. The molecule has 4 rings (SSSR count). The van der Waals surface area contributed by atoms with Gasteiger partial charge >= 0.3 is 0 Å². The molecule has 3 aromatic heterocycles. The van der Waals surface area contributed by atoms with Crippen LogP contribution in [0.2, 0.25) is 0 Å². The lowest BCUT2D eigenvalue weighted by Gasteiger charge is -2.22. The van der Waals surface area contributed by atoms with Crippen LogP contribution in [0.4, 0.5) is 0 Å². The number of rotatable bonds is 3. The van der Waals surface area contributed by atoms with Crippen molar-refractivity contribution < 1.29 is 9.32 Å². The highest BCUT2D eigenvalue weighted by molar-refractivity contribution is 6.04. The highest BCUT2D eigenvalue weighted by Gasteiger charge is 2.32. The zero-order valence-electron chi connectivity index (χ0n) is 18.7. The Morgan fingerprint density at radius 3 is 2.57 bits per heavy atom. The van der Waals surface area contributed by atoms with E-state index in [4.69, 9.17) is 14.5 Å². The number of hydrogen-bond acceptors (Lipinski definition) is 6. The fraction of sp³-hybridized carbons (Fsp3) is 0.591. The minimum Gasteiger partial charge on any atom is -0.340 e. The fourth-order valence-corrected chi connectivity index (χ4v) is 3.78. The van der Waals surface area contributed by atoms with Crippen LogP contribution in [0.15, 0.2) is 10.6 Å². The first kappa shape index (κ1) is 20.5. The molecule has 0 spiro atoms. The van der Waals surface area contributed by atoms with Gasteiger partial charge in [-0.25, -0.2) is 9.97 Å². The summed E-state index contributed by atoms with van der Waals surface area (Å²) >= 11 is 0. The Morgan fingerprint density at radius 2 is 1.87 bits per heavy atom. The number of carbonyl (C=O) groups is 1. The third-order valence-electron chi connectivity index (χ3n) is 5.49. The molecular formula is C22H30N6O2. The molecule has 0 radical (unpaired) electrons. The molecule has 0 saturated carbocycles. The maximum absolute atomic E-state index is 13.3. The standard InChI is InChI=1S/C22H30N6O2/c1-13-12-14(16-17(23-13)28-11-9-7-8-10-15(28)24-16)18(29)26-22(5,6)19-25-20(30-27-19)21(2,3)4/h12H,7-11H2,1-6H3,(H,26,29). The van der Waals surface area contributed by atoms with E-state index in [0.717, 1.165) is 43.0 Å². The molecule has 0 unspecified atom stereocenters. The first-order chi connectivity index (χ1) is 14.1. The Morgan fingerprint density at radius 1 is 1.10 bits per heavy atom. The summed E-state index contributed by atoms with van der Waals surface area (Å²) in [7, 11) is 0. The van der Waals surface area contributed by atoms with Crippen molar-refractivity contribution in [2.24, 2.45) is 0 Å². The molecule has 3 aromatic rings. The van der Waals surface area contributed by atoms with Crippen molar-refractivity contribution in [1.82, 2.24) is 30.0 Å². The lowest BCUT2D eigenvalue weighted by atomic mass is 9.96. The van der Waals surface area contributed by atoms with Gasteiger partial charge in [0.2, 0.25) is 5.89 Å². The monoisotopic (exact) mass is 410 g/mol. The maximum atomic E-state index is 13.3. The molecule has 0 atom stereocenters. The normalized spacial score (nSPS) is 15.1. The predicted molar refractivity (Wildman–Crippen MR) is 113 cm³/mol. The van der Waals surface area contributed by atoms with E-state index in [9.17, 15) is 4.79 Å². The number of imidazole rings is 1. The van der Waals surface area contributed by atoms with Crippen LogP contribution in [-0.4, -0.2) is 30.6 Å². The maximum Gasteiger partial charge on any atom is 0.254 e. The first-order valence-corrected chi connectivity index (χ1v) is 10.6. The van der Waals surface area contributed by atoms with Crippen LogP contribution in [0, 0.1) is 6.92 Å². The topological polar surface area (TPSA) is 98.7 Å². The number of nitrogens with zero attached hydrogens (tertiary/aromatic N) is 5. The van der Waals surface area contributed by atoms with Gasteiger partial charge in [0.25, 0.3) is 5.91 Å². The van der Waals surface area contributed by atoms with Gasteiger partial charge in [0.1, 0.15) is 11.3 Å². The van der Waals surface area contributed by atoms with Gasteiger partial charge in [-0.3, -0.25) is 4.79 Å². The minimum absolute atomic E-state index is 0.217. The Kier molecular flexibility index (Phi) is 4.91. The number of aryl methyl sites for hydroxylation is 3. The number of hydrogen-bond donors (Lipinski definition) is 1. The van der Waals surface area contributed by atoms with Crippen LogP contribution < -0.4 is 5.32 Å².